The third-order valence-electron chi connectivity index (χ3n) is 5.49. The molecule has 3 rings (SSSR count). The van der Waals surface area contributed by atoms with E-state index in [9.17, 15) is 0 Å². The fourth-order valence-corrected chi connectivity index (χ4v) is 3.67. The van der Waals surface area contributed by atoms with Crippen LogP contribution in [0.4, 0.5) is 0 Å². The lowest BCUT2D eigenvalue weighted by Crippen LogP contribution is -2.46. The standard InChI is InChI=1S/C21H33N3O3.HI/c1-3-22-20(24-16-21(9-5-10-21)11-14-25-2)23-15-17-7-4-8-18-19(17)27-13-6-12-26-18;/h4,7-8H,3,5-6,9-16H2,1-2H3,(H2,22,23,24);1H. The normalized spacial score (nSPS) is 17.7. The molecule has 1 aliphatic heterocycles. The number of methoxy groups -OCH3 is 1. The maximum Gasteiger partial charge on any atom is 0.191 e. The summed E-state index contributed by atoms with van der Waals surface area (Å²) in [5.74, 6) is 2.52. The molecular formula is C21H34IN3O3. The summed E-state index contributed by atoms with van der Waals surface area (Å²) in [6.07, 6.45) is 5.85. The highest BCUT2D eigenvalue weighted by molar-refractivity contribution is 14.0. The molecular weight excluding hydrogens is 469 g/mol. The summed E-state index contributed by atoms with van der Waals surface area (Å²) in [7, 11) is 1.78. The molecule has 0 atom stereocenters. The summed E-state index contributed by atoms with van der Waals surface area (Å²) in [4.78, 5) is 4.79. The van der Waals surface area contributed by atoms with Gasteiger partial charge in [-0.25, -0.2) is 4.99 Å². The topological polar surface area (TPSA) is 64.1 Å². The molecule has 6 nitrogen and oxygen atoms in total. The fourth-order valence-electron chi connectivity index (χ4n) is 3.67. The lowest BCUT2D eigenvalue weighted by molar-refractivity contribution is 0.0732. The van der Waals surface area contributed by atoms with Gasteiger partial charge in [0.25, 0.3) is 0 Å². The lowest BCUT2D eigenvalue weighted by Gasteiger charge is -2.42. The van der Waals surface area contributed by atoms with Crippen LogP contribution in [0.5, 0.6) is 11.5 Å². The van der Waals surface area contributed by atoms with Gasteiger partial charge in [0.05, 0.1) is 19.8 Å². The SMILES string of the molecule is CCNC(=NCc1cccc2c1OCCCO2)NCC1(CCOC)CCC1.I. The molecule has 2 aliphatic rings. The quantitative estimate of drug-likeness (QED) is 0.322. The maximum absolute atomic E-state index is 5.91. The van der Waals surface area contributed by atoms with Crippen LogP contribution in [0.3, 0.4) is 0 Å². The Morgan fingerprint density at radius 1 is 1.18 bits per heavy atom. The van der Waals surface area contributed by atoms with Crippen molar-refractivity contribution in [3.8, 4) is 11.5 Å². The van der Waals surface area contributed by atoms with Crippen LogP contribution in [0.2, 0.25) is 0 Å². The Kier molecular flexibility index (Phi) is 9.64. The van der Waals surface area contributed by atoms with E-state index in [1.807, 2.05) is 12.1 Å². The third-order valence-corrected chi connectivity index (χ3v) is 5.49. The average Bonchev–Trinajstić information content (AvgIpc) is 2.90. The molecule has 7 heteroatoms. The summed E-state index contributed by atoms with van der Waals surface area (Å²) >= 11 is 0. The number of hydrogen-bond acceptors (Lipinski definition) is 4. The summed E-state index contributed by atoms with van der Waals surface area (Å²) in [6, 6.07) is 6.03. The minimum absolute atomic E-state index is 0. The molecule has 28 heavy (non-hydrogen) atoms. The Labute approximate surface area is 185 Å². The van der Waals surface area contributed by atoms with E-state index in [4.69, 9.17) is 19.2 Å². The number of ether oxygens (including phenoxy) is 3. The lowest BCUT2D eigenvalue weighted by atomic mass is 9.67. The monoisotopic (exact) mass is 503 g/mol. The number of hydrogen-bond donors (Lipinski definition) is 2. The van der Waals surface area contributed by atoms with Gasteiger partial charge in [-0.2, -0.15) is 0 Å². The Bertz CT molecular complexity index is 635. The number of nitrogens with zero attached hydrogens (tertiary/aromatic N) is 1. The van der Waals surface area contributed by atoms with Crippen LogP contribution >= 0.6 is 24.0 Å². The molecule has 0 saturated heterocycles. The molecule has 1 aromatic rings. The van der Waals surface area contributed by atoms with Crippen molar-refractivity contribution in [2.45, 2.75) is 45.6 Å². The maximum atomic E-state index is 5.91. The fraction of sp³-hybridized carbons (Fsp3) is 0.667. The highest BCUT2D eigenvalue weighted by Gasteiger charge is 2.36. The molecule has 0 spiro atoms. The molecule has 0 radical (unpaired) electrons. The average molecular weight is 503 g/mol. The van der Waals surface area contributed by atoms with Gasteiger partial charge in [-0.05, 0) is 37.7 Å². The number of halogens is 1. The van der Waals surface area contributed by atoms with Crippen LogP contribution in [0.15, 0.2) is 23.2 Å². The van der Waals surface area contributed by atoms with Crippen molar-refractivity contribution in [1.82, 2.24) is 10.6 Å². The van der Waals surface area contributed by atoms with E-state index >= 15 is 0 Å². The van der Waals surface area contributed by atoms with Crippen LogP contribution in [-0.2, 0) is 11.3 Å². The van der Waals surface area contributed by atoms with E-state index < -0.39 is 0 Å². The van der Waals surface area contributed by atoms with Crippen molar-refractivity contribution in [1.29, 1.82) is 0 Å². The smallest absolute Gasteiger partial charge is 0.191 e. The first-order chi connectivity index (χ1) is 13.3. The van der Waals surface area contributed by atoms with Gasteiger partial charge in [0.2, 0.25) is 0 Å². The first-order valence-corrected chi connectivity index (χ1v) is 10.1. The van der Waals surface area contributed by atoms with Gasteiger partial charge in [-0.3, -0.25) is 0 Å². The number of para-hydroxylation sites is 1. The van der Waals surface area contributed by atoms with Crippen LogP contribution in [0.25, 0.3) is 0 Å². The van der Waals surface area contributed by atoms with Gasteiger partial charge in [-0.15, -0.1) is 24.0 Å². The Balaban J connectivity index is 0.00000280. The summed E-state index contributed by atoms with van der Waals surface area (Å²) < 4.78 is 17.0. The van der Waals surface area contributed by atoms with Gasteiger partial charge in [0.1, 0.15) is 0 Å². The van der Waals surface area contributed by atoms with Crippen molar-refractivity contribution < 1.29 is 14.2 Å². The summed E-state index contributed by atoms with van der Waals surface area (Å²) in [5.41, 5.74) is 1.41. The highest BCUT2D eigenvalue weighted by Crippen LogP contribution is 2.43. The predicted octanol–water partition coefficient (Wildman–Crippen LogP) is 3.73. The number of rotatable bonds is 8. The second-order valence-corrected chi connectivity index (χ2v) is 7.44. The molecule has 1 heterocycles. The van der Waals surface area contributed by atoms with E-state index in [1.165, 1.54) is 19.3 Å². The van der Waals surface area contributed by atoms with Crippen molar-refractivity contribution >= 4 is 29.9 Å². The first kappa shape index (κ1) is 23.1. The Morgan fingerprint density at radius 3 is 2.71 bits per heavy atom. The second kappa shape index (κ2) is 11.7. The van der Waals surface area contributed by atoms with Gasteiger partial charge in [-0.1, -0.05) is 18.6 Å². The number of benzene rings is 1. The number of fused-ring (bicyclic) bond motifs is 1. The summed E-state index contributed by atoms with van der Waals surface area (Å²) in [5, 5.41) is 6.90. The molecule has 1 fully saturated rings. The van der Waals surface area contributed by atoms with E-state index in [0.29, 0.717) is 25.2 Å². The molecule has 0 unspecified atom stereocenters. The van der Waals surface area contributed by atoms with Crippen LogP contribution in [-0.4, -0.2) is 46.0 Å². The van der Waals surface area contributed by atoms with E-state index in [2.05, 4.69) is 23.6 Å². The number of guanidine groups is 1. The Hall–Kier alpha value is -1.22. The molecule has 158 valence electrons. The van der Waals surface area contributed by atoms with Crippen LogP contribution in [0.1, 0.15) is 44.6 Å². The van der Waals surface area contributed by atoms with Crippen molar-refractivity contribution in [2.75, 3.05) is 40.0 Å². The second-order valence-electron chi connectivity index (χ2n) is 7.44. The van der Waals surface area contributed by atoms with Crippen molar-refractivity contribution in [3.05, 3.63) is 23.8 Å². The Morgan fingerprint density at radius 2 is 2.00 bits per heavy atom. The van der Waals surface area contributed by atoms with Crippen LogP contribution < -0.4 is 20.1 Å². The van der Waals surface area contributed by atoms with E-state index in [0.717, 1.165) is 55.6 Å². The summed E-state index contributed by atoms with van der Waals surface area (Å²) in [6.45, 7) is 6.64. The minimum atomic E-state index is 0. The first-order valence-electron chi connectivity index (χ1n) is 10.1. The molecule has 1 aromatic carbocycles. The van der Waals surface area contributed by atoms with E-state index in [-0.39, 0.29) is 24.0 Å². The van der Waals surface area contributed by atoms with E-state index in [1.54, 1.807) is 7.11 Å². The zero-order chi connectivity index (χ0) is 19.0. The van der Waals surface area contributed by atoms with Crippen molar-refractivity contribution in [2.24, 2.45) is 10.4 Å². The molecule has 0 aromatic heterocycles. The largest absolute Gasteiger partial charge is 0.490 e. The van der Waals surface area contributed by atoms with Gasteiger partial charge >= 0.3 is 0 Å². The van der Waals surface area contributed by atoms with Gasteiger partial charge in [0, 0.05) is 38.8 Å². The molecule has 2 N–H and O–H groups in total. The third kappa shape index (κ3) is 6.14. The van der Waals surface area contributed by atoms with Gasteiger partial charge < -0.3 is 24.8 Å². The van der Waals surface area contributed by atoms with Crippen molar-refractivity contribution in [3.63, 3.8) is 0 Å². The zero-order valence-corrected chi connectivity index (χ0v) is 19.4. The number of nitrogens with one attached hydrogen (secondary N) is 2. The highest BCUT2D eigenvalue weighted by atomic mass is 127. The predicted molar refractivity (Wildman–Crippen MR) is 123 cm³/mol. The molecule has 1 aliphatic carbocycles. The molecule has 0 bridgehead atoms. The van der Waals surface area contributed by atoms with Gasteiger partial charge in [0.15, 0.2) is 17.5 Å². The number of aliphatic imine (C=N–C) groups is 1. The van der Waals surface area contributed by atoms with Crippen LogP contribution in [0, 0.1) is 5.41 Å². The minimum Gasteiger partial charge on any atom is -0.490 e. The zero-order valence-electron chi connectivity index (χ0n) is 17.1. The molecule has 1 saturated carbocycles. The molecule has 0 amide bonds.